The lowest BCUT2D eigenvalue weighted by Gasteiger charge is -2.11. The lowest BCUT2D eigenvalue weighted by atomic mass is 10.1. The first-order chi connectivity index (χ1) is 11.1. The summed E-state index contributed by atoms with van der Waals surface area (Å²) in [5.74, 6) is 0.447. The van der Waals surface area contributed by atoms with E-state index in [2.05, 4.69) is 15.0 Å². The SMILES string of the molecule is COC(=O)c1ccc(Cn2cnc3c(N(C)C)ncnc32)cc1. The number of hydrogen-bond donors (Lipinski definition) is 0. The number of benzene rings is 1. The zero-order chi connectivity index (χ0) is 16.4. The van der Waals surface area contributed by atoms with Crippen molar-refractivity contribution >= 4 is 23.0 Å². The minimum Gasteiger partial charge on any atom is -0.465 e. The molecular weight excluding hydrogens is 294 g/mol. The number of carbonyl (C=O) groups excluding carboxylic acids is 1. The molecule has 3 rings (SSSR count). The van der Waals surface area contributed by atoms with Crippen molar-refractivity contribution in [2.24, 2.45) is 0 Å². The lowest BCUT2D eigenvalue weighted by Crippen LogP contribution is -2.11. The maximum atomic E-state index is 11.5. The molecule has 118 valence electrons. The molecule has 2 heterocycles. The second-order valence-electron chi connectivity index (χ2n) is 5.32. The summed E-state index contributed by atoms with van der Waals surface area (Å²) in [6.07, 6.45) is 3.29. The highest BCUT2D eigenvalue weighted by Crippen LogP contribution is 2.20. The second-order valence-corrected chi connectivity index (χ2v) is 5.32. The first-order valence-electron chi connectivity index (χ1n) is 7.10. The third-order valence-corrected chi connectivity index (χ3v) is 3.53. The van der Waals surface area contributed by atoms with Crippen LogP contribution in [0.3, 0.4) is 0 Å². The second kappa shape index (κ2) is 6.04. The molecule has 0 N–H and O–H groups in total. The average molecular weight is 311 g/mol. The number of anilines is 1. The first kappa shape index (κ1) is 15.0. The Morgan fingerprint density at radius 1 is 1.17 bits per heavy atom. The highest BCUT2D eigenvalue weighted by Gasteiger charge is 2.12. The smallest absolute Gasteiger partial charge is 0.337 e. The average Bonchev–Trinajstić information content (AvgIpc) is 2.97. The van der Waals surface area contributed by atoms with E-state index in [9.17, 15) is 4.79 Å². The van der Waals surface area contributed by atoms with E-state index in [-0.39, 0.29) is 5.97 Å². The third-order valence-electron chi connectivity index (χ3n) is 3.53. The Balaban J connectivity index is 1.90. The molecule has 7 nitrogen and oxygen atoms in total. The van der Waals surface area contributed by atoms with Gasteiger partial charge in [0.25, 0.3) is 0 Å². The molecule has 0 saturated heterocycles. The van der Waals surface area contributed by atoms with Crippen molar-refractivity contribution in [2.75, 3.05) is 26.1 Å². The molecule has 2 aromatic heterocycles. The monoisotopic (exact) mass is 311 g/mol. The first-order valence-corrected chi connectivity index (χ1v) is 7.10. The van der Waals surface area contributed by atoms with Gasteiger partial charge in [-0.1, -0.05) is 12.1 Å². The van der Waals surface area contributed by atoms with Crippen LogP contribution in [0.5, 0.6) is 0 Å². The molecular formula is C16H17N5O2. The summed E-state index contributed by atoms with van der Waals surface area (Å²) in [7, 11) is 5.22. The molecule has 0 aliphatic rings. The number of imidazole rings is 1. The Morgan fingerprint density at radius 3 is 2.57 bits per heavy atom. The van der Waals surface area contributed by atoms with Crippen LogP contribution in [0.15, 0.2) is 36.9 Å². The van der Waals surface area contributed by atoms with E-state index in [0.29, 0.717) is 12.1 Å². The number of methoxy groups -OCH3 is 1. The third kappa shape index (κ3) is 2.85. The van der Waals surface area contributed by atoms with Crippen molar-refractivity contribution in [3.8, 4) is 0 Å². The van der Waals surface area contributed by atoms with Crippen LogP contribution in [0, 0.1) is 0 Å². The van der Waals surface area contributed by atoms with Crippen LogP contribution < -0.4 is 4.90 Å². The van der Waals surface area contributed by atoms with Crippen LogP contribution >= 0.6 is 0 Å². The van der Waals surface area contributed by atoms with E-state index in [1.165, 1.54) is 13.4 Å². The summed E-state index contributed by atoms with van der Waals surface area (Å²) < 4.78 is 6.66. The number of rotatable bonds is 4. The van der Waals surface area contributed by atoms with Gasteiger partial charge < -0.3 is 14.2 Å². The van der Waals surface area contributed by atoms with Crippen molar-refractivity contribution in [2.45, 2.75) is 6.54 Å². The number of fused-ring (bicyclic) bond motifs is 1. The Bertz CT molecular complexity index is 839. The van der Waals surface area contributed by atoms with Crippen molar-refractivity contribution in [1.82, 2.24) is 19.5 Å². The molecule has 0 bridgehead atoms. The summed E-state index contributed by atoms with van der Waals surface area (Å²) >= 11 is 0. The Labute approximate surface area is 133 Å². The largest absolute Gasteiger partial charge is 0.465 e. The van der Waals surface area contributed by atoms with Crippen molar-refractivity contribution in [1.29, 1.82) is 0 Å². The molecule has 0 radical (unpaired) electrons. The number of esters is 1. The van der Waals surface area contributed by atoms with Crippen molar-refractivity contribution < 1.29 is 9.53 Å². The predicted octanol–water partition coefficient (Wildman–Crippen LogP) is 1.73. The topological polar surface area (TPSA) is 73.1 Å². The van der Waals surface area contributed by atoms with E-state index in [1.807, 2.05) is 35.7 Å². The maximum absolute atomic E-state index is 11.5. The van der Waals surface area contributed by atoms with Crippen LogP contribution in [-0.4, -0.2) is 46.7 Å². The highest BCUT2D eigenvalue weighted by molar-refractivity contribution is 5.89. The van der Waals surface area contributed by atoms with Gasteiger partial charge in [0.05, 0.1) is 25.5 Å². The standard InChI is InChI=1S/C16H17N5O2/c1-20(2)14-13-15(18-9-17-14)21(10-19-13)8-11-4-6-12(7-5-11)16(22)23-3/h4-7,9-10H,8H2,1-3H3. The number of hydrogen-bond acceptors (Lipinski definition) is 6. The maximum Gasteiger partial charge on any atom is 0.337 e. The normalized spacial score (nSPS) is 10.7. The van der Waals surface area contributed by atoms with Crippen LogP contribution in [0.2, 0.25) is 0 Å². The van der Waals surface area contributed by atoms with Crippen LogP contribution in [0.1, 0.15) is 15.9 Å². The van der Waals surface area contributed by atoms with Gasteiger partial charge in [-0.2, -0.15) is 0 Å². The minimum absolute atomic E-state index is 0.340. The van der Waals surface area contributed by atoms with Crippen LogP contribution in [0.4, 0.5) is 5.82 Å². The van der Waals surface area contributed by atoms with Gasteiger partial charge in [0.1, 0.15) is 6.33 Å². The Hall–Kier alpha value is -2.96. The molecule has 0 amide bonds. The quantitative estimate of drug-likeness (QED) is 0.683. The molecule has 0 unspecified atom stereocenters. The van der Waals surface area contributed by atoms with Gasteiger partial charge in [0.2, 0.25) is 0 Å². The molecule has 23 heavy (non-hydrogen) atoms. The zero-order valence-electron chi connectivity index (χ0n) is 13.2. The van der Waals surface area contributed by atoms with Crippen molar-refractivity contribution in [3.63, 3.8) is 0 Å². The number of aromatic nitrogens is 4. The molecule has 0 spiro atoms. The fraction of sp³-hybridized carbons (Fsp3) is 0.250. The van der Waals surface area contributed by atoms with Gasteiger partial charge in [0, 0.05) is 14.1 Å². The van der Waals surface area contributed by atoms with Gasteiger partial charge >= 0.3 is 5.97 Å². The minimum atomic E-state index is -0.340. The van der Waals surface area contributed by atoms with E-state index >= 15 is 0 Å². The highest BCUT2D eigenvalue weighted by atomic mass is 16.5. The number of carbonyl (C=O) groups is 1. The Morgan fingerprint density at radius 2 is 1.91 bits per heavy atom. The summed E-state index contributed by atoms with van der Waals surface area (Å²) in [6.45, 7) is 0.613. The Kier molecular flexibility index (Phi) is 3.92. The molecule has 3 aromatic rings. The predicted molar refractivity (Wildman–Crippen MR) is 86.5 cm³/mol. The zero-order valence-corrected chi connectivity index (χ0v) is 13.2. The molecule has 7 heteroatoms. The fourth-order valence-electron chi connectivity index (χ4n) is 2.37. The summed E-state index contributed by atoms with van der Waals surface area (Å²) in [5, 5.41) is 0. The molecule has 0 fully saturated rings. The number of ether oxygens (including phenoxy) is 1. The molecule has 0 aliphatic heterocycles. The van der Waals surface area contributed by atoms with Crippen LogP contribution in [0.25, 0.3) is 11.2 Å². The molecule has 1 aromatic carbocycles. The van der Waals surface area contributed by atoms with E-state index in [4.69, 9.17) is 4.74 Å². The van der Waals surface area contributed by atoms with E-state index in [0.717, 1.165) is 22.5 Å². The van der Waals surface area contributed by atoms with Gasteiger partial charge in [-0.25, -0.2) is 19.7 Å². The van der Waals surface area contributed by atoms with Crippen molar-refractivity contribution in [3.05, 3.63) is 48.0 Å². The number of nitrogens with zero attached hydrogens (tertiary/aromatic N) is 5. The fourth-order valence-corrected chi connectivity index (χ4v) is 2.37. The van der Waals surface area contributed by atoms with E-state index < -0.39 is 0 Å². The molecule has 0 saturated carbocycles. The van der Waals surface area contributed by atoms with Gasteiger partial charge in [-0.15, -0.1) is 0 Å². The van der Waals surface area contributed by atoms with Crippen LogP contribution in [-0.2, 0) is 11.3 Å². The lowest BCUT2D eigenvalue weighted by molar-refractivity contribution is 0.0600. The van der Waals surface area contributed by atoms with Gasteiger partial charge in [-0.3, -0.25) is 0 Å². The van der Waals surface area contributed by atoms with Gasteiger partial charge in [0.15, 0.2) is 17.0 Å². The molecule has 0 atom stereocenters. The van der Waals surface area contributed by atoms with E-state index in [1.54, 1.807) is 18.5 Å². The molecule has 0 aliphatic carbocycles. The summed E-state index contributed by atoms with van der Waals surface area (Å²) in [5.41, 5.74) is 3.12. The summed E-state index contributed by atoms with van der Waals surface area (Å²) in [4.78, 5) is 26.4. The van der Waals surface area contributed by atoms with Gasteiger partial charge in [-0.05, 0) is 17.7 Å². The summed E-state index contributed by atoms with van der Waals surface area (Å²) in [6, 6.07) is 7.29.